The second-order valence-electron chi connectivity index (χ2n) is 6.53. The van der Waals surface area contributed by atoms with Crippen LogP contribution in [0.25, 0.3) is 6.08 Å². The average Bonchev–Trinajstić information content (AvgIpc) is 2.91. The van der Waals surface area contributed by atoms with Crippen molar-refractivity contribution in [3.8, 4) is 5.75 Å². The summed E-state index contributed by atoms with van der Waals surface area (Å²) >= 11 is 0.988. The summed E-state index contributed by atoms with van der Waals surface area (Å²) in [4.78, 5) is 26.7. The first kappa shape index (κ1) is 19.2. The first-order valence-electron chi connectivity index (χ1n) is 9.10. The van der Waals surface area contributed by atoms with Gasteiger partial charge in [-0.3, -0.25) is 14.5 Å². The maximum Gasteiger partial charge on any atom is 0.293 e. The van der Waals surface area contributed by atoms with Crippen molar-refractivity contribution in [3.05, 3.63) is 70.1 Å². The second kappa shape index (κ2) is 8.91. The van der Waals surface area contributed by atoms with Gasteiger partial charge in [0.1, 0.15) is 5.75 Å². The number of hydrogen-bond donors (Lipinski definition) is 0. The number of ether oxygens (including phenoxy) is 1. The van der Waals surface area contributed by atoms with Crippen molar-refractivity contribution in [2.75, 3.05) is 6.61 Å². The van der Waals surface area contributed by atoms with Crippen LogP contribution in [-0.4, -0.2) is 22.7 Å². The molecule has 2 aromatic rings. The van der Waals surface area contributed by atoms with Gasteiger partial charge in [-0.1, -0.05) is 55.3 Å². The molecule has 5 heteroatoms. The molecular weight excluding hydrogens is 358 g/mol. The molecule has 1 aliphatic rings. The summed E-state index contributed by atoms with van der Waals surface area (Å²) in [5, 5.41) is -0.229. The number of rotatable bonds is 7. The lowest BCUT2D eigenvalue weighted by atomic mass is 10.1. The minimum absolute atomic E-state index is 0.229. The summed E-state index contributed by atoms with van der Waals surface area (Å²) < 4.78 is 5.65. The third-order valence-corrected chi connectivity index (χ3v) is 5.15. The Morgan fingerprint density at radius 1 is 1.11 bits per heavy atom. The standard InChI is InChI=1S/C22H23NO3S/c1-3-4-12-26-19-10-8-17(9-11-19)14-20-21(24)23(22(25)27-20)15-18-7-5-6-16(2)13-18/h5-11,13-14H,3-4,12,15H2,1-2H3/b20-14-. The average molecular weight is 381 g/mol. The van der Waals surface area contributed by atoms with Gasteiger partial charge in [0.15, 0.2) is 0 Å². The summed E-state index contributed by atoms with van der Waals surface area (Å²) in [5.41, 5.74) is 2.93. The lowest BCUT2D eigenvalue weighted by Crippen LogP contribution is -2.27. The van der Waals surface area contributed by atoms with Gasteiger partial charge in [0.05, 0.1) is 18.1 Å². The summed E-state index contributed by atoms with van der Waals surface area (Å²) in [6.45, 7) is 5.12. The molecule has 1 saturated heterocycles. The molecule has 0 spiro atoms. The molecule has 0 radical (unpaired) electrons. The van der Waals surface area contributed by atoms with Crippen molar-refractivity contribution in [1.82, 2.24) is 4.90 Å². The molecule has 0 unspecified atom stereocenters. The van der Waals surface area contributed by atoms with E-state index in [1.54, 1.807) is 6.08 Å². The van der Waals surface area contributed by atoms with Crippen molar-refractivity contribution < 1.29 is 14.3 Å². The molecule has 0 aromatic heterocycles. The van der Waals surface area contributed by atoms with Gasteiger partial charge in [-0.05, 0) is 54.4 Å². The van der Waals surface area contributed by atoms with E-state index in [0.29, 0.717) is 18.1 Å². The van der Waals surface area contributed by atoms with Crippen LogP contribution < -0.4 is 4.74 Å². The largest absolute Gasteiger partial charge is 0.494 e. The van der Waals surface area contributed by atoms with E-state index in [1.807, 2.05) is 55.5 Å². The zero-order valence-electron chi connectivity index (χ0n) is 15.6. The zero-order valence-corrected chi connectivity index (χ0v) is 16.4. The normalized spacial score (nSPS) is 15.6. The summed E-state index contributed by atoms with van der Waals surface area (Å²) in [7, 11) is 0. The molecule has 0 bridgehead atoms. The third-order valence-electron chi connectivity index (χ3n) is 4.24. The molecule has 140 valence electrons. The highest BCUT2D eigenvalue weighted by Crippen LogP contribution is 2.33. The lowest BCUT2D eigenvalue weighted by Gasteiger charge is -2.12. The minimum atomic E-state index is -0.241. The van der Waals surface area contributed by atoms with Crippen LogP contribution in [0.1, 0.15) is 36.5 Å². The van der Waals surface area contributed by atoms with Gasteiger partial charge in [0.2, 0.25) is 0 Å². The molecule has 0 N–H and O–H groups in total. The van der Waals surface area contributed by atoms with E-state index in [0.717, 1.165) is 47.0 Å². The number of nitrogens with zero attached hydrogens (tertiary/aromatic N) is 1. The Morgan fingerprint density at radius 3 is 2.59 bits per heavy atom. The van der Waals surface area contributed by atoms with E-state index in [9.17, 15) is 9.59 Å². The van der Waals surface area contributed by atoms with E-state index in [-0.39, 0.29) is 11.1 Å². The van der Waals surface area contributed by atoms with Crippen LogP contribution >= 0.6 is 11.8 Å². The Hall–Kier alpha value is -2.53. The number of benzene rings is 2. The summed E-state index contributed by atoms with van der Waals surface area (Å²) in [6, 6.07) is 15.4. The van der Waals surface area contributed by atoms with Crippen LogP contribution in [0.15, 0.2) is 53.4 Å². The molecule has 3 rings (SSSR count). The van der Waals surface area contributed by atoms with Crippen molar-refractivity contribution in [3.63, 3.8) is 0 Å². The van der Waals surface area contributed by atoms with Crippen LogP contribution in [-0.2, 0) is 11.3 Å². The molecule has 1 heterocycles. The first-order valence-corrected chi connectivity index (χ1v) is 9.92. The number of carbonyl (C=O) groups excluding carboxylic acids is 2. The van der Waals surface area contributed by atoms with Crippen molar-refractivity contribution in [2.45, 2.75) is 33.2 Å². The van der Waals surface area contributed by atoms with Crippen molar-refractivity contribution in [2.24, 2.45) is 0 Å². The van der Waals surface area contributed by atoms with Gasteiger partial charge >= 0.3 is 0 Å². The fourth-order valence-corrected chi connectivity index (χ4v) is 3.61. The van der Waals surface area contributed by atoms with Crippen LogP contribution in [0.5, 0.6) is 5.75 Å². The van der Waals surface area contributed by atoms with Gasteiger partial charge < -0.3 is 4.74 Å². The molecule has 2 amide bonds. The van der Waals surface area contributed by atoms with Gasteiger partial charge in [-0.15, -0.1) is 0 Å². The van der Waals surface area contributed by atoms with Crippen LogP contribution in [0.4, 0.5) is 4.79 Å². The Morgan fingerprint density at radius 2 is 1.89 bits per heavy atom. The van der Waals surface area contributed by atoms with E-state index in [2.05, 4.69) is 6.92 Å². The molecule has 1 fully saturated rings. The van der Waals surface area contributed by atoms with Crippen LogP contribution in [0, 0.1) is 6.92 Å². The highest BCUT2D eigenvalue weighted by molar-refractivity contribution is 8.18. The smallest absolute Gasteiger partial charge is 0.293 e. The summed E-state index contributed by atoms with van der Waals surface area (Å²) in [5.74, 6) is 0.572. The van der Waals surface area contributed by atoms with E-state index in [4.69, 9.17) is 4.74 Å². The number of carbonyl (C=O) groups is 2. The Labute approximate surface area is 164 Å². The molecule has 1 aliphatic heterocycles. The topological polar surface area (TPSA) is 46.6 Å². The van der Waals surface area contributed by atoms with E-state index in [1.165, 1.54) is 4.90 Å². The Kier molecular flexibility index (Phi) is 6.35. The molecule has 27 heavy (non-hydrogen) atoms. The summed E-state index contributed by atoms with van der Waals surface area (Å²) in [6.07, 6.45) is 3.88. The number of hydrogen-bond acceptors (Lipinski definition) is 4. The molecule has 2 aromatic carbocycles. The molecule has 0 saturated carbocycles. The van der Waals surface area contributed by atoms with Crippen LogP contribution in [0.3, 0.4) is 0 Å². The Balaban J connectivity index is 1.68. The van der Waals surface area contributed by atoms with E-state index < -0.39 is 0 Å². The van der Waals surface area contributed by atoms with Gasteiger partial charge in [-0.25, -0.2) is 0 Å². The number of imide groups is 1. The monoisotopic (exact) mass is 381 g/mol. The van der Waals surface area contributed by atoms with Crippen LogP contribution in [0.2, 0.25) is 0 Å². The number of aryl methyl sites for hydroxylation is 1. The van der Waals surface area contributed by atoms with Gasteiger partial charge in [-0.2, -0.15) is 0 Å². The highest BCUT2D eigenvalue weighted by Gasteiger charge is 2.34. The predicted octanol–water partition coefficient (Wildman–Crippen LogP) is 5.41. The predicted molar refractivity (Wildman–Crippen MR) is 110 cm³/mol. The van der Waals surface area contributed by atoms with E-state index >= 15 is 0 Å². The second-order valence-corrected chi connectivity index (χ2v) is 7.52. The molecule has 4 nitrogen and oxygen atoms in total. The fourth-order valence-electron chi connectivity index (χ4n) is 2.78. The third kappa shape index (κ3) is 5.01. The fraction of sp³-hybridized carbons (Fsp3) is 0.273. The van der Waals surface area contributed by atoms with Crippen molar-refractivity contribution >= 4 is 29.0 Å². The van der Waals surface area contributed by atoms with Gasteiger partial charge in [0, 0.05) is 0 Å². The first-order chi connectivity index (χ1) is 13.1. The SMILES string of the molecule is CCCCOc1ccc(/C=C2\SC(=O)N(Cc3cccc(C)c3)C2=O)cc1. The molecule has 0 aliphatic carbocycles. The quantitative estimate of drug-likeness (QED) is 0.475. The lowest BCUT2D eigenvalue weighted by molar-refractivity contribution is -0.123. The molecule has 0 atom stereocenters. The molecular formula is C22H23NO3S. The van der Waals surface area contributed by atoms with Crippen molar-refractivity contribution in [1.29, 1.82) is 0 Å². The number of unbranched alkanes of at least 4 members (excludes halogenated alkanes) is 1. The van der Waals surface area contributed by atoms with Gasteiger partial charge in [0.25, 0.3) is 11.1 Å². The number of thioether (sulfide) groups is 1. The maximum atomic E-state index is 12.6. The number of amides is 2. The Bertz CT molecular complexity index is 858. The highest BCUT2D eigenvalue weighted by atomic mass is 32.2. The maximum absolute atomic E-state index is 12.6. The zero-order chi connectivity index (χ0) is 19.2. The minimum Gasteiger partial charge on any atom is -0.494 e.